The van der Waals surface area contributed by atoms with Crippen molar-refractivity contribution in [2.75, 3.05) is 47.0 Å². The summed E-state index contributed by atoms with van der Waals surface area (Å²) in [7, 11) is 3.23. The van der Waals surface area contributed by atoms with Crippen molar-refractivity contribution in [3.8, 4) is 22.8 Å². The third-order valence-corrected chi connectivity index (χ3v) is 7.01. The number of fused-ring (bicyclic) bond motifs is 1. The van der Waals surface area contributed by atoms with Gasteiger partial charge in [-0.25, -0.2) is 14.1 Å². The molecule has 1 fully saturated rings. The zero-order chi connectivity index (χ0) is 25.2. The Morgan fingerprint density at radius 1 is 1.19 bits per heavy atom. The molecule has 36 heavy (non-hydrogen) atoms. The van der Waals surface area contributed by atoms with E-state index in [1.165, 1.54) is 13.2 Å². The van der Waals surface area contributed by atoms with Gasteiger partial charge in [0.15, 0.2) is 5.82 Å². The SMILES string of the molecule is CCC(c1cc(-c2nn(-c3cnc(OC)c(F)c3)c3c2CCOCC3)ccn1)N1CCN(C)C(=O)C1. The van der Waals surface area contributed by atoms with E-state index in [2.05, 4.69) is 27.9 Å². The summed E-state index contributed by atoms with van der Waals surface area (Å²) in [5, 5.41) is 4.94. The molecular weight excluding hydrogens is 463 g/mol. The minimum atomic E-state index is -0.538. The number of hydrogen-bond acceptors (Lipinski definition) is 7. The van der Waals surface area contributed by atoms with Gasteiger partial charge >= 0.3 is 0 Å². The van der Waals surface area contributed by atoms with Gasteiger partial charge in [0.05, 0.1) is 61.9 Å². The molecule has 0 aliphatic carbocycles. The van der Waals surface area contributed by atoms with Crippen LogP contribution in [0, 0.1) is 5.82 Å². The Morgan fingerprint density at radius 2 is 2.03 bits per heavy atom. The van der Waals surface area contributed by atoms with Crippen LogP contribution in [0.25, 0.3) is 16.9 Å². The molecule has 3 aromatic rings. The molecule has 0 bridgehead atoms. The first-order chi connectivity index (χ1) is 17.5. The van der Waals surface area contributed by atoms with Crippen molar-refractivity contribution in [3.63, 3.8) is 0 Å². The van der Waals surface area contributed by atoms with Crippen LogP contribution in [0.5, 0.6) is 5.88 Å². The molecule has 1 unspecified atom stereocenters. The number of rotatable bonds is 6. The summed E-state index contributed by atoms with van der Waals surface area (Å²) in [5.74, 6) is -0.461. The number of methoxy groups -OCH3 is 1. The van der Waals surface area contributed by atoms with Crippen LogP contribution in [0.1, 0.15) is 36.3 Å². The van der Waals surface area contributed by atoms with Crippen LogP contribution < -0.4 is 4.74 Å². The van der Waals surface area contributed by atoms with Gasteiger partial charge in [0.2, 0.25) is 11.8 Å². The highest BCUT2D eigenvalue weighted by Crippen LogP contribution is 2.33. The number of nitrogens with zero attached hydrogens (tertiary/aromatic N) is 6. The normalized spacial score (nSPS) is 17.6. The first-order valence-electron chi connectivity index (χ1n) is 12.3. The Hall–Kier alpha value is -3.37. The van der Waals surface area contributed by atoms with Gasteiger partial charge in [-0.2, -0.15) is 5.10 Å². The summed E-state index contributed by atoms with van der Waals surface area (Å²) in [4.78, 5) is 25.1. The zero-order valence-corrected chi connectivity index (χ0v) is 20.9. The van der Waals surface area contributed by atoms with E-state index >= 15 is 0 Å². The molecule has 0 spiro atoms. The van der Waals surface area contributed by atoms with E-state index in [9.17, 15) is 9.18 Å². The Kier molecular flexibility index (Phi) is 6.97. The molecule has 1 atom stereocenters. The van der Waals surface area contributed by atoms with Crippen LogP contribution in [-0.4, -0.2) is 82.5 Å². The number of ether oxygens (including phenoxy) is 2. The number of carbonyl (C=O) groups excluding carboxylic acids is 1. The minimum absolute atomic E-state index is 0.0338. The lowest BCUT2D eigenvalue weighted by Crippen LogP contribution is -2.49. The zero-order valence-electron chi connectivity index (χ0n) is 20.9. The Labute approximate surface area is 209 Å². The van der Waals surface area contributed by atoms with Gasteiger partial charge in [0.1, 0.15) is 0 Å². The first-order valence-corrected chi connectivity index (χ1v) is 12.3. The number of hydrogen-bond donors (Lipinski definition) is 0. The largest absolute Gasteiger partial charge is 0.479 e. The topological polar surface area (TPSA) is 85.6 Å². The van der Waals surface area contributed by atoms with E-state index in [0.717, 1.165) is 41.2 Å². The highest BCUT2D eigenvalue weighted by Gasteiger charge is 2.29. The second-order valence-electron chi connectivity index (χ2n) is 9.16. The third kappa shape index (κ3) is 4.58. The third-order valence-electron chi connectivity index (χ3n) is 7.01. The van der Waals surface area contributed by atoms with Crippen molar-refractivity contribution in [1.29, 1.82) is 0 Å². The van der Waals surface area contributed by atoms with Gasteiger partial charge < -0.3 is 14.4 Å². The molecular formula is C26H31FN6O3. The molecule has 2 aliphatic heterocycles. The minimum Gasteiger partial charge on any atom is -0.479 e. The van der Waals surface area contributed by atoms with Gasteiger partial charge in [-0.15, -0.1) is 0 Å². The molecule has 9 nitrogen and oxygen atoms in total. The van der Waals surface area contributed by atoms with Crippen molar-refractivity contribution in [2.24, 2.45) is 0 Å². The van der Waals surface area contributed by atoms with Crippen LogP contribution in [0.3, 0.4) is 0 Å². The molecule has 2 aliphatic rings. The highest BCUT2D eigenvalue weighted by atomic mass is 19.1. The molecule has 1 amide bonds. The molecule has 0 N–H and O–H groups in total. The van der Waals surface area contributed by atoms with E-state index in [4.69, 9.17) is 14.6 Å². The monoisotopic (exact) mass is 494 g/mol. The summed E-state index contributed by atoms with van der Waals surface area (Å²) in [6.45, 7) is 5.19. The quantitative estimate of drug-likeness (QED) is 0.521. The molecule has 5 rings (SSSR count). The van der Waals surface area contributed by atoms with E-state index in [1.54, 1.807) is 22.0 Å². The van der Waals surface area contributed by atoms with E-state index in [1.807, 2.05) is 13.1 Å². The number of pyridine rings is 2. The summed E-state index contributed by atoms with van der Waals surface area (Å²) < 4.78 is 27.0. The lowest BCUT2D eigenvalue weighted by atomic mass is 10.00. The highest BCUT2D eigenvalue weighted by molar-refractivity contribution is 5.78. The predicted octanol–water partition coefficient (Wildman–Crippen LogP) is 2.82. The van der Waals surface area contributed by atoms with Crippen LogP contribution in [0.4, 0.5) is 4.39 Å². The van der Waals surface area contributed by atoms with Crippen LogP contribution in [-0.2, 0) is 22.4 Å². The van der Waals surface area contributed by atoms with Crippen LogP contribution in [0.15, 0.2) is 30.6 Å². The molecule has 190 valence electrons. The summed E-state index contributed by atoms with van der Waals surface area (Å²) >= 11 is 0. The summed E-state index contributed by atoms with van der Waals surface area (Å²) in [5.41, 5.74) is 5.30. The van der Waals surface area contributed by atoms with Gasteiger partial charge in [0.25, 0.3) is 0 Å². The van der Waals surface area contributed by atoms with Crippen molar-refractivity contribution >= 4 is 5.91 Å². The second-order valence-corrected chi connectivity index (χ2v) is 9.16. The van der Waals surface area contributed by atoms with E-state index in [-0.39, 0.29) is 17.8 Å². The fourth-order valence-electron chi connectivity index (χ4n) is 5.05. The van der Waals surface area contributed by atoms with Crippen LogP contribution in [0.2, 0.25) is 0 Å². The maximum Gasteiger partial charge on any atom is 0.250 e. The smallest absolute Gasteiger partial charge is 0.250 e. The lowest BCUT2D eigenvalue weighted by Gasteiger charge is -2.36. The first kappa shape index (κ1) is 24.3. The summed E-state index contributed by atoms with van der Waals surface area (Å²) in [6.07, 6.45) is 5.58. The number of piperazine rings is 1. The van der Waals surface area contributed by atoms with Crippen molar-refractivity contribution < 1.29 is 18.7 Å². The van der Waals surface area contributed by atoms with E-state index < -0.39 is 5.82 Å². The molecule has 10 heteroatoms. The molecule has 5 heterocycles. The number of halogens is 1. The van der Waals surface area contributed by atoms with Crippen molar-refractivity contribution in [1.82, 2.24) is 29.5 Å². The van der Waals surface area contributed by atoms with Gasteiger partial charge in [0, 0.05) is 49.9 Å². The Morgan fingerprint density at radius 3 is 2.78 bits per heavy atom. The van der Waals surface area contributed by atoms with Crippen LogP contribution >= 0.6 is 0 Å². The molecule has 0 radical (unpaired) electrons. The van der Waals surface area contributed by atoms with Gasteiger partial charge in [-0.05, 0) is 25.0 Å². The predicted molar refractivity (Wildman–Crippen MR) is 132 cm³/mol. The fraction of sp³-hybridized carbons (Fsp3) is 0.462. The number of aromatic nitrogens is 4. The number of likely N-dealkylation sites (N-methyl/N-ethyl adjacent to an activating group) is 1. The standard InChI is InChI=1S/C26H31FN6O3/c1-4-22(32-10-9-31(2)24(34)16-32)21-13-17(5-8-28-21)25-19-6-11-36-12-7-23(19)33(30-25)18-14-20(27)26(35-3)29-15-18/h5,8,13-15,22H,4,6-7,9-12,16H2,1-3H3. The average Bonchev–Trinajstić information content (AvgIpc) is 3.07. The van der Waals surface area contributed by atoms with E-state index in [0.29, 0.717) is 44.8 Å². The maximum absolute atomic E-state index is 14.5. The summed E-state index contributed by atoms with van der Waals surface area (Å²) in [6, 6.07) is 5.45. The molecule has 0 aromatic carbocycles. The Bertz CT molecular complexity index is 1260. The average molecular weight is 495 g/mol. The second kappa shape index (κ2) is 10.3. The van der Waals surface area contributed by atoms with Gasteiger partial charge in [-0.3, -0.25) is 14.7 Å². The number of carbonyl (C=O) groups is 1. The fourth-order valence-corrected chi connectivity index (χ4v) is 5.05. The molecule has 0 saturated carbocycles. The van der Waals surface area contributed by atoms with Crippen molar-refractivity contribution in [3.05, 3.63) is 53.4 Å². The number of amides is 1. The molecule has 3 aromatic heterocycles. The van der Waals surface area contributed by atoms with Gasteiger partial charge in [-0.1, -0.05) is 6.92 Å². The molecule has 1 saturated heterocycles. The lowest BCUT2D eigenvalue weighted by molar-refractivity contribution is -0.135. The van der Waals surface area contributed by atoms with Crippen molar-refractivity contribution in [2.45, 2.75) is 32.2 Å². The maximum atomic E-state index is 14.5. The Balaban J connectivity index is 1.54.